The maximum Gasteiger partial charge on any atom is 0.251 e. The second kappa shape index (κ2) is 12.0. The van der Waals surface area contributed by atoms with E-state index in [0.29, 0.717) is 31.0 Å². The Morgan fingerprint density at radius 3 is 2.60 bits per heavy atom. The van der Waals surface area contributed by atoms with Gasteiger partial charge in [-0.2, -0.15) is 0 Å². The number of nitrogens with two attached hydrogens (primary N) is 1. The summed E-state index contributed by atoms with van der Waals surface area (Å²) < 4.78 is 21.8. The molecule has 0 unspecified atom stereocenters. The van der Waals surface area contributed by atoms with Crippen LogP contribution in [0.25, 0.3) is 0 Å². The molecule has 0 saturated carbocycles. The third-order valence-corrected chi connectivity index (χ3v) is 3.86. The third kappa shape index (κ3) is 10.2. The van der Waals surface area contributed by atoms with Crippen molar-refractivity contribution in [1.29, 1.82) is 0 Å². The zero-order valence-electron chi connectivity index (χ0n) is 14.4. The van der Waals surface area contributed by atoms with Crippen LogP contribution in [0.4, 0.5) is 0 Å². The molecule has 1 aromatic rings. The van der Waals surface area contributed by atoms with E-state index in [1.807, 2.05) is 25.1 Å². The van der Waals surface area contributed by atoms with Gasteiger partial charge < -0.3 is 16.0 Å². The lowest BCUT2D eigenvalue weighted by molar-refractivity contribution is 0.0963. The fraction of sp³-hybridized carbons (Fsp3) is 0.467. The van der Waals surface area contributed by atoms with Gasteiger partial charge in [-0.15, -0.1) is 24.0 Å². The average molecular weight is 483 g/mol. The lowest BCUT2D eigenvalue weighted by atomic mass is 10.1. The Kier molecular flexibility index (Phi) is 11.4. The molecule has 0 aliphatic rings. The van der Waals surface area contributed by atoms with Gasteiger partial charge in [0.1, 0.15) is 0 Å². The van der Waals surface area contributed by atoms with Gasteiger partial charge in [-0.3, -0.25) is 9.79 Å². The molecule has 0 bridgehead atoms. The number of guanidine groups is 1. The Bertz CT molecular complexity index is 679. The Morgan fingerprint density at radius 2 is 2.00 bits per heavy atom. The Labute approximate surface area is 166 Å². The summed E-state index contributed by atoms with van der Waals surface area (Å²) in [4.78, 5) is 15.8. The first kappa shape index (κ1) is 23.6. The topological polar surface area (TPSA) is 126 Å². The molecule has 25 heavy (non-hydrogen) atoms. The van der Waals surface area contributed by atoms with E-state index in [2.05, 4.69) is 20.9 Å². The predicted octanol–water partition coefficient (Wildman–Crippen LogP) is 0.0503. The smallest absolute Gasteiger partial charge is 0.251 e. The van der Waals surface area contributed by atoms with Crippen LogP contribution in [0.2, 0.25) is 0 Å². The van der Waals surface area contributed by atoms with Gasteiger partial charge in [-0.1, -0.05) is 12.1 Å². The number of hydrogen-bond acceptors (Lipinski definition) is 4. The first-order chi connectivity index (χ1) is 11.4. The van der Waals surface area contributed by atoms with Gasteiger partial charge in [0.05, 0.1) is 12.3 Å². The highest BCUT2D eigenvalue weighted by molar-refractivity contribution is 14.0. The summed E-state index contributed by atoms with van der Waals surface area (Å²) in [6.07, 6.45) is 0.699. The Morgan fingerprint density at radius 1 is 1.28 bits per heavy atom. The summed E-state index contributed by atoms with van der Waals surface area (Å²) in [5.41, 5.74) is 1.63. The fourth-order valence-electron chi connectivity index (χ4n) is 1.96. The van der Waals surface area contributed by atoms with Crippen molar-refractivity contribution in [2.75, 3.05) is 32.4 Å². The molecular weight excluding hydrogens is 457 g/mol. The van der Waals surface area contributed by atoms with Gasteiger partial charge in [-0.05, 0) is 31.0 Å². The molecule has 0 aliphatic heterocycles. The number of aliphatic imine (C=N–C) groups is 1. The number of sulfonamides is 1. The van der Waals surface area contributed by atoms with Crippen molar-refractivity contribution in [1.82, 2.24) is 16.0 Å². The second-order valence-corrected chi connectivity index (χ2v) is 6.82. The zero-order valence-corrected chi connectivity index (χ0v) is 17.6. The summed E-state index contributed by atoms with van der Waals surface area (Å²) in [6.45, 7) is 3.27. The van der Waals surface area contributed by atoms with Gasteiger partial charge in [-0.25, -0.2) is 13.6 Å². The predicted molar refractivity (Wildman–Crippen MR) is 111 cm³/mol. The van der Waals surface area contributed by atoms with E-state index in [1.165, 1.54) is 0 Å². The van der Waals surface area contributed by atoms with Crippen molar-refractivity contribution in [3.8, 4) is 0 Å². The molecule has 1 amide bonds. The molecule has 0 radical (unpaired) electrons. The largest absolute Gasteiger partial charge is 0.357 e. The number of hydrogen-bond donors (Lipinski definition) is 4. The standard InChI is InChI=1S/C15H25N5O3S.HI/c1-3-18-15(20-9-10-24(16,22)23)19-8-7-12-5-4-6-13(11-12)14(21)17-2;/h4-6,11H,3,7-10H2,1-2H3,(H,17,21)(H2,16,22,23)(H2,18,19,20);1H. The molecule has 5 N–H and O–H groups in total. The fourth-order valence-corrected chi connectivity index (χ4v) is 2.31. The number of carbonyl (C=O) groups excluding carboxylic acids is 1. The van der Waals surface area contributed by atoms with Gasteiger partial charge in [0.25, 0.3) is 5.91 Å². The van der Waals surface area contributed by atoms with Crippen molar-refractivity contribution in [3.05, 3.63) is 35.4 Å². The summed E-state index contributed by atoms with van der Waals surface area (Å²) in [7, 11) is -1.92. The summed E-state index contributed by atoms with van der Waals surface area (Å²) in [6, 6.07) is 7.38. The van der Waals surface area contributed by atoms with E-state index in [1.54, 1.807) is 13.1 Å². The molecule has 8 nitrogen and oxygen atoms in total. The highest BCUT2D eigenvalue weighted by Gasteiger charge is 2.05. The van der Waals surface area contributed by atoms with Crippen LogP contribution >= 0.6 is 24.0 Å². The minimum Gasteiger partial charge on any atom is -0.357 e. The van der Waals surface area contributed by atoms with Crippen LogP contribution in [-0.4, -0.2) is 52.7 Å². The molecule has 1 rings (SSSR count). The number of amides is 1. The lowest BCUT2D eigenvalue weighted by Gasteiger charge is -2.11. The van der Waals surface area contributed by atoms with Crippen molar-refractivity contribution < 1.29 is 13.2 Å². The molecule has 0 aliphatic carbocycles. The third-order valence-electron chi connectivity index (χ3n) is 3.11. The number of carbonyl (C=O) groups is 1. The van der Waals surface area contributed by atoms with Crippen molar-refractivity contribution in [3.63, 3.8) is 0 Å². The molecule has 10 heteroatoms. The molecule has 1 aromatic carbocycles. The highest BCUT2D eigenvalue weighted by Crippen LogP contribution is 2.05. The minimum absolute atomic E-state index is 0. The Hall–Kier alpha value is -1.40. The summed E-state index contributed by atoms with van der Waals surface area (Å²) in [5, 5.41) is 13.7. The highest BCUT2D eigenvalue weighted by atomic mass is 127. The van der Waals surface area contributed by atoms with Crippen LogP contribution in [-0.2, 0) is 16.4 Å². The van der Waals surface area contributed by atoms with E-state index in [0.717, 1.165) is 5.56 Å². The van der Waals surface area contributed by atoms with Gasteiger partial charge in [0, 0.05) is 25.7 Å². The van der Waals surface area contributed by atoms with Crippen LogP contribution in [0.1, 0.15) is 22.8 Å². The molecule has 0 atom stereocenters. The summed E-state index contributed by atoms with van der Waals surface area (Å²) >= 11 is 0. The molecular formula is C15H26IN5O3S. The SMILES string of the molecule is CCNC(=NCCS(N)(=O)=O)NCCc1cccc(C(=O)NC)c1.I. The Balaban J connectivity index is 0.00000576. The van der Waals surface area contributed by atoms with Crippen LogP contribution in [0, 0.1) is 0 Å². The van der Waals surface area contributed by atoms with Crippen LogP contribution < -0.4 is 21.1 Å². The van der Waals surface area contributed by atoms with Gasteiger partial charge >= 0.3 is 0 Å². The van der Waals surface area contributed by atoms with E-state index in [9.17, 15) is 13.2 Å². The molecule has 0 aromatic heterocycles. The van der Waals surface area contributed by atoms with Crippen molar-refractivity contribution in [2.24, 2.45) is 10.1 Å². The minimum atomic E-state index is -3.51. The first-order valence-electron chi connectivity index (χ1n) is 7.69. The van der Waals surface area contributed by atoms with Crippen molar-refractivity contribution >= 4 is 45.9 Å². The first-order valence-corrected chi connectivity index (χ1v) is 9.41. The quantitative estimate of drug-likeness (QED) is 0.236. The molecule has 0 spiro atoms. The number of nitrogens with zero attached hydrogens (tertiary/aromatic N) is 1. The maximum absolute atomic E-state index is 11.6. The number of nitrogens with one attached hydrogen (secondary N) is 3. The van der Waals surface area contributed by atoms with E-state index in [4.69, 9.17) is 5.14 Å². The number of rotatable bonds is 8. The van der Waals surface area contributed by atoms with Gasteiger partial charge in [0.2, 0.25) is 10.0 Å². The van der Waals surface area contributed by atoms with E-state index < -0.39 is 10.0 Å². The molecule has 0 fully saturated rings. The second-order valence-electron chi connectivity index (χ2n) is 5.08. The summed E-state index contributed by atoms with van der Waals surface area (Å²) in [5.74, 6) is 0.212. The number of halogens is 1. The van der Waals surface area contributed by atoms with Gasteiger partial charge in [0.15, 0.2) is 5.96 Å². The molecule has 0 saturated heterocycles. The monoisotopic (exact) mass is 483 g/mol. The van der Waals surface area contributed by atoms with Crippen LogP contribution in [0.15, 0.2) is 29.3 Å². The van der Waals surface area contributed by atoms with Crippen molar-refractivity contribution in [2.45, 2.75) is 13.3 Å². The number of benzene rings is 1. The van der Waals surface area contributed by atoms with Crippen LogP contribution in [0.5, 0.6) is 0 Å². The lowest BCUT2D eigenvalue weighted by Crippen LogP contribution is -2.38. The zero-order chi connectivity index (χ0) is 18.0. The number of primary sulfonamides is 1. The van der Waals surface area contributed by atoms with Crippen LogP contribution in [0.3, 0.4) is 0 Å². The van der Waals surface area contributed by atoms with E-state index >= 15 is 0 Å². The normalized spacial score (nSPS) is 11.4. The maximum atomic E-state index is 11.6. The molecule has 142 valence electrons. The van der Waals surface area contributed by atoms with E-state index in [-0.39, 0.29) is 42.2 Å². The average Bonchev–Trinajstić information content (AvgIpc) is 2.53. The molecule has 0 heterocycles.